The Balaban J connectivity index is 2.77. The molecule has 0 aromatic carbocycles. The summed E-state index contributed by atoms with van der Waals surface area (Å²) in [7, 11) is 0. The lowest BCUT2D eigenvalue weighted by Crippen LogP contribution is -2.14. The molecule has 1 rings (SSSR count). The van der Waals surface area contributed by atoms with Gasteiger partial charge in [-0.3, -0.25) is 5.10 Å². The van der Waals surface area contributed by atoms with E-state index in [-0.39, 0.29) is 5.41 Å². The Morgan fingerprint density at radius 1 is 1.57 bits per heavy atom. The van der Waals surface area contributed by atoms with Crippen LogP contribution in [0.3, 0.4) is 0 Å². The summed E-state index contributed by atoms with van der Waals surface area (Å²) in [6, 6.07) is 0. The highest BCUT2D eigenvalue weighted by Gasteiger charge is 2.19. The van der Waals surface area contributed by atoms with E-state index < -0.39 is 0 Å². The largest absolute Gasteiger partial charge is 0.282 e. The molecule has 0 aliphatic rings. The van der Waals surface area contributed by atoms with Crippen molar-refractivity contribution in [3.63, 3.8) is 0 Å². The Hall–Kier alpha value is -1.41. The maximum Gasteiger partial charge on any atom is 0.234 e. The number of aromatic amines is 1. The highest BCUT2D eigenvalue weighted by molar-refractivity contribution is 5.33. The van der Waals surface area contributed by atoms with Crippen molar-refractivity contribution >= 4 is 6.08 Å². The fourth-order valence-electron chi connectivity index (χ4n) is 1.37. The minimum atomic E-state index is 0.0523. The van der Waals surface area contributed by atoms with Crippen molar-refractivity contribution in [2.75, 3.05) is 6.54 Å². The lowest BCUT2D eigenvalue weighted by Gasteiger charge is -2.17. The third kappa shape index (κ3) is 2.54. The summed E-state index contributed by atoms with van der Waals surface area (Å²) >= 11 is 0. The standard InChI is InChI=1S/C10H15N3O/c1-10(2,3)9-8(6-12-13-9)4-5-11-7-14/h6H,4-5H2,1-3H3,(H,12,13). The molecular formula is C10H15N3O. The molecule has 0 spiro atoms. The molecule has 0 aliphatic heterocycles. The molecule has 4 nitrogen and oxygen atoms in total. The number of aliphatic imine (C=N–C) groups is 1. The number of H-pyrrole nitrogens is 1. The second kappa shape index (κ2) is 4.20. The van der Waals surface area contributed by atoms with E-state index in [2.05, 4.69) is 36.0 Å². The second-order valence-electron chi connectivity index (χ2n) is 4.24. The first-order chi connectivity index (χ1) is 6.55. The SMILES string of the molecule is CC(C)(C)c1[nH]ncc1CCN=C=O. The lowest BCUT2D eigenvalue weighted by molar-refractivity contribution is 0.558. The molecule has 0 bridgehead atoms. The van der Waals surface area contributed by atoms with Gasteiger partial charge >= 0.3 is 0 Å². The molecule has 0 fully saturated rings. The first kappa shape index (κ1) is 10.7. The average molecular weight is 193 g/mol. The summed E-state index contributed by atoms with van der Waals surface area (Å²) in [6.07, 6.45) is 4.06. The van der Waals surface area contributed by atoms with Gasteiger partial charge in [-0.25, -0.2) is 9.79 Å². The quantitative estimate of drug-likeness (QED) is 0.585. The van der Waals surface area contributed by atoms with Crippen LogP contribution in [0.2, 0.25) is 0 Å². The number of carbonyl (C=O) groups excluding carboxylic acids is 1. The Bertz CT molecular complexity index is 342. The van der Waals surface area contributed by atoms with Gasteiger partial charge in [-0.1, -0.05) is 20.8 Å². The van der Waals surface area contributed by atoms with Crippen molar-refractivity contribution < 1.29 is 4.79 Å². The number of hydrogen-bond acceptors (Lipinski definition) is 3. The predicted octanol–water partition coefficient (Wildman–Crippen LogP) is 1.59. The zero-order valence-electron chi connectivity index (χ0n) is 8.79. The first-order valence-electron chi connectivity index (χ1n) is 4.62. The topological polar surface area (TPSA) is 58.1 Å². The smallest absolute Gasteiger partial charge is 0.234 e. The minimum Gasteiger partial charge on any atom is -0.282 e. The number of hydrogen-bond donors (Lipinski definition) is 1. The van der Waals surface area contributed by atoms with Crippen molar-refractivity contribution in [1.29, 1.82) is 0 Å². The molecule has 1 N–H and O–H groups in total. The summed E-state index contributed by atoms with van der Waals surface area (Å²) in [4.78, 5) is 13.4. The number of rotatable bonds is 3. The molecule has 0 saturated carbocycles. The fraction of sp³-hybridized carbons (Fsp3) is 0.600. The summed E-state index contributed by atoms with van der Waals surface area (Å²) in [5, 5.41) is 6.98. The van der Waals surface area contributed by atoms with Crippen LogP contribution in [0.5, 0.6) is 0 Å². The average Bonchev–Trinajstić information content (AvgIpc) is 2.52. The van der Waals surface area contributed by atoms with Gasteiger partial charge in [0.2, 0.25) is 6.08 Å². The van der Waals surface area contributed by atoms with E-state index in [1.807, 2.05) is 0 Å². The van der Waals surface area contributed by atoms with Crippen LogP contribution in [0.25, 0.3) is 0 Å². The third-order valence-electron chi connectivity index (χ3n) is 2.03. The molecule has 0 amide bonds. The van der Waals surface area contributed by atoms with Gasteiger partial charge in [-0.2, -0.15) is 5.10 Å². The van der Waals surface area contributed by atoms with Crippen LogP contribution < -0.4 is 0 Å². The van der Waals surface area contributed by atoms with Gasteiger partial charge in [-0.05, 0) is 12.0 Å². The van der Waals surface area contributed by atoms with Crippen LogP contribution >= 0.6 is 0 Å². The highest BCUT2D eigenvalue weighted by atomic mass is 16.1. The van der Waals surface area contributed by atoms with E-state index in [1.54, 1.807) is 6.20 Å². The van der Waals surface area contributed by atoms with Gasteiger partial charge in [0.05, 0.1) is 12.7 Å². The maximum atomic E-state index is 9.90. The molecule has 1 aromatic heterocycles. The Morgan fingerprint density at radius 3 is 2.86 bits per heavy atom. The fourth-order valence-corrected chi connectivity index (χ4v) is 1.37. The zero-order chi connectivity index (χ0) is 10.6. The molecule has 0 atom stereocenters. The summed E-state index contributed by atoms with van der Waals surface area (Å²) in [6.45, 7) is 6.83. The lowest BCUT2D eigenvalue weighted by atomic mass is 9.89. The molecule has 0 saturated heterocycles. The third-order valence-corrected chi connectivity index (χ3v) is 2.03. The molecule has 0 radical (unpaired) electrons. The van der Waals surface area contributed by atoms with Gasteiger partial charge in [0, 0.05) is 11.1 Å². The molecule has 1 heterocycles. The molecule has 14 heavy (non-hydrogen) atoms. The Morgan fingerprint density at radius 2 is 2.29 bits per heavy atom. The summed E-state index contributed by atoms with van der Waals surface area (Å²) in [5.41, 5.74) is 2.28. The van der Waals surface area contributed by atoms with E-state index in [4.69, 9.17) is 0 Å². The van der Waals surface area contributed by atoms with Crippen LogP contribution in [0.1, 0.15) is 32.0 Å². The Kier molecular flexibility index (Phi) is 3.20. The predicted molar refractivity (Wildman–Crippen MR) is 54.0 cm³/mol. The van der Waals surface area contributed by atoms with Crippen molar-refractivity contribution in [2.45, 2.75) is 32.6 Å². The Labute approximate surface area is 83.4 Å². The van der Waals surface area contributed by atoms with Crippen LogP contribution in [-0.4, -0.2) is 22.8 Å². The van der Waals surface area contributed by atoms with E-state index in [0.29, 0.717) is 6.54 Å². The molecule has 4 heteroatoms. The van der Waals surface area contributed by atoms with Crippen molar-refractivity contribution in [3.05, 3.63) is 17.5 Å². The molecule has 0 unspecified atom stereocenters. The van der Waals surface area contributed by atoms with Crippen LogP contribution in [0.4, 0.5) is 0 Å². The van der Waals surface area contributed by atoms with E-state index in [9.17, 15) is 4.79 Å². The van der Waals surface area contributed by atoms with E-state index in [0.717, 1.165) is 17.7 Å². The van der Waals surface area contributed by atoms with Gasteiger partial charge in [0.25, 0.3) is 0 Å². The van der Waals surface area contributed by atoms with Crippen molar-refractivity contribution in [2.24, 2.45) is 4.99 Å². The second-order valence-corrected chi connectivity index (χ2v) is 4.24. The molecule has 0 aliphatic carbocycles. The maximum absolute atomic E-state index is 9.90. The summed E-state index contributed by atoms with van der Waals surface area (Å²) < 4.78 is 0. The zero-order valence-corrected chi connectivity index (χ0v) is 8.79. The molecule has 76 valence electrons. The van der Waals surface area contributed by atoms with Crippen LogP contribution in [0, 0.1) is 0 Å². The number of isocyanates is 1. The monoisotopic (exact) mass is 193 g/mol. The van der Waals surface area contributed by atoms with Gasteiger partial charge in [0.15, 0.2) is 0 Å². The molecule has 1 aromatic rings. The van der Waals surface area contributed by atoms with Crippen LogP contribution in [0.15, 0.2) is 11.2 Å². The number of nitrogens with zero attached hydrogens (tertiary/aromatic N) is 2. The number of nitrogens with one attached hydrogen (secondary N) is 1. The van der Waals surface area contributed by atoms with Crippen LogP contribution in [-0.2, 0) is 16.6 Å². The minimum absolute atomic E-state index is 0.0523. The van der Waals surface area contributed by atoms with Crippen molar-refractivity contribution in [3.8, 4) is 0 Å². The van der Waals surface area contributed by atoms with Gasteiger partial charge in [0.1, 0.15) is 0 Å². The van der Waals surface area contributed by atoms with Gasteiger partial charge < -0.3 is 0 Å². The van der Waals surface area contributed by atoms with Crippen molar-refractivity contribution in [1.82, 2.24) is 10.2 Å². The summed E-state index contributed by atoms with van der Waals surface area (Å²) in [5.74, 6) is 0. The van der Waals surface area contributed by atoms with E-state index >= 15 is 0 Å². The normalized spacial score (nSPS) is 11.1. The van der Waals surface area contributed by atoms with Gasteiger partial charge in [-0.15, -0.1) is 0 Å². The number of aromatic nitrogens is 2. The highest BCUT2D eigenvalue weighted by Crippen LogP contribution is 2.23. The molecular weight excluding hydrogens is 178 g/mol. The van der Waals surface area contributed by atoms with E-state index in [1.165, 1.54) is 6.08 Å². The first-order valence-corrected chi connectivity index (χ1v) is 4.62.